The summed E-state index contributed by atoms with van der Waals surface area (Å²) in [6.07, 6.45) is 3.70. The highest BCUT2D eigenvalue weighted by atomic mass is 16.5. The van der Waals surface area contributed by atoms with E-state index in [1.54, 1.807) is 6.92 Å². The second kappa shape index (κ2) is 9.48. The fraction of sp³-hybridized carbons (Fsp3) is 0.727. The molecule has 9 heteroatoms. The number of anilines is 1. The van der Waals surface area contributed by atoms with Crippen LogP contribution in [0.2, 0.25) is 0 Å². The molecule has 1 atom stereocenters. The van der Waals surface area contributed by atoms with E-state index < -0.39 is 0 Å². The maximum Gasteiger partial charge on any atom is 0.237 e. The van der Waals surface area contributed by atoms with Gasteiger partial charge in [-0.1, -0.05) is 0 Å². The number of hydrogen-bond donors (Lipinski definition) is 0. The summed E-state index contributed by atoms with van der Waals surface area (Å²) in [6.45, 7) is 6.99. The van der Waals surface area contributed by atoms with E-state index in [0.29, 0.717) is 32.8 Å². The minimum Gasteiger partial charge on any atom is -0.379 e. The minimum absolute atomic E-state index is 0.0756. The van der Waals surface area contributed by atoms with E-state index in [4.69, 9.17) is 14.7 Å². The maximum atomic E-state index is 13.2. The molecular formula is C22H34N6O3. The van der Waals surface area contributed by atoms with Crippen LogP contribution in [0.1, 0.15) is 49.3 Å². The molecule has 9 nitrogen and oxygen atoms in total. The van der Waals surface area contributed by atoms with E-state index in [1.807, 2.05) is 28.8 Å². The Morgan fingerprint density at radius 3 is 2.58 bits per heavy atom. The summed E-state index contributed by atoms with van der Waals surface area (Å²) in [6, 6.07) is -0.0860. The molecule has 0 aromatic carbocycles. The summed E-state index contributed by atoms with van der Waals surface area (Å²) in [4.78, 5) is 43.0. The van der Waals surface area contributed by atoms with Crippen LogP contribution in [0.15, 0.2) is 0 Å². The Morgan fingerprint density at radius 1 is 1.10 bits per heavy atom. The third-order valence-corrected chi connectivity index (χ3v) is 6.51. The van der Waals surface area contributed by atoms with E-state index >= 15 is 0 Å². The predicted molar refractivity (Wildman–Crippen MR) is 117 cm³/mol. The van der Waals surface area contributed by atoms with Crippen LogP contribution in [0.5, 0.6) is 0 Å². The zero-order valence-electron chi connectivity index (χ0n) is 19.0. The smallest absolute Gasteiger partial charge is 0.237 e. The predicted octanol–water partition coefficient (Wildman–Crippen LogP) is 0.833. The maximum absolute atomic E-state index is 13.2. The lowest BCUT2D eigenvalue weighted by molar-refractivity contribution is -0.137. The third kappa shape index (κ3) is 4.82. The summed E-state index contributed by atoms with van der Waals surface area (Å²) in [7, 11) is 3.95. The highest BCUT2D eigenvalue weighted by Crippen LogP contribution is 2.33. The molecule has 4 heterocycles. The van der Waals surface area contributed by atoms with Gasteiger partial charge >= 0.3 is 0 Å². The molecule has 0 aliphatic carbocycles. The van der Waals surface area contributed by atoms with Crippen LogP contribution in [0.25, 0.3) is 0 Å². The van der Waals surface area contributed by atoms with Crippen molar-refractivity contribution < 1.29 is 14.3 Å². The first-order valence-electron chi connectivity index (χ1n) is 11.4. The second-order valence-electron chi connectivity index (χ2n) is 8.90. The lowest BCUT2D eigenvalue weighted by atomic mass is 9.99. The molecule has 0 unspecified atom stereocenters. The average molecular weight is 431 g/mol. The Kier molecular flexibility index (Phi) is 6.71. The number of morpholine rings is 1. The van der Waals surface area contributed by atoms with Gasteiger partial charge in [-0.3, -0.25) is 14.5 Å². The fourth-order valence-electron chi connectivity index (χ4n) is 4.74. The molecule has 0 saturated carbocycles. The number of likely N-dealkylation sites (tertiary alicyclic amines) is 1. The molecule has 2 saturated heterocycles. The van der Waals surface area contributed by atoms with Crippen LogP contribution in [0.4, 0.5) is 5.82 Å². The van der Waals surface area contributed by atoms with E-state index in [-0.39, 0.29) is 17.9 Å². The van der Waals surface area contributed by atoms with Crippen molar-refractivity contribution in [3.63, 3.8) is 0 Å². The van der Waals surface area contributed by atoms with Gasteiger partial charge in [-0.05, 0) is 19.3 Å². The topological polar surface area (TPSA) is 82.1 Å². The molecule has 0 radical (unpaired) electrons. The van der Waals surface area contributed by atoms with Gasteiger partial charge in [-0.2, -0.15) is 0 Å². The summed E-state index contributed by atoms with van der Waals surface area (Å²) in [5.74, 6) is 1.83. The van der Waals surface area contributed by atoms with Gasteiger partial charge < -0.3 is 19.4 Å². The van der Waals surface area contributed by atoms with Crippen LogP contribution in [0, 0.1) is 0 Å². The molecule has 2 amide bonds. The van der Waals surface area contributed by atoms with Crippen LogP contribution < -0.4 is 4.90 Å². The Morgan fingerprint density at radius 2 is 1.87 bits per heavy atom. The van der Waals surface area contributed by atoms with Gasteiger partial charge in [-0.25, -0.2) is 9.97 Å². The van der Waals surface area contributed by atoms with Crippen LogP contribution in [-0.4, -0.2) is 96.5 Å². The molecule has 1 aromatic rings. The van der Waals surface area contributed by atoms with Crippen molar-refractivity contribution in [1.29, 1.82) is 0 Å². The van der Waals surface area contributed by atoms with Gasteiger partial charge in [0, 0.05) is 59.2 Å². The Hall–Kier alpha value is -2.26. The first-order valence-corrected chi connectivity index (χ1v) is 11.4. The van der Waals surface area contributed by atoms with Crippen molar-refractivity contribution in [1.82, 2.24) is 24.7 Å². The van der Waals surface area contributed by atoms with E-state index in [2.05, 4.69) is 4.90 Å². The zero-order chi connectivity index (χ0) is 22.0. The molecule has 1 aromatic heterocycles. The molecule has 2 fully saturated rings. The largest absolute Gasteiger partial charge is 0.379 e. The monoisotopic (exact) mass is 430 g/mol. The number of nitrogens with zero attached hydrogens (tertiary/aromatic N) is 6. The van der Waals surface area contributed by atoms with Gasteiger partial charge in [-0.15, -0.1) is 0 Å². The quantitative estimate of drug-likeness (QED) is 0.700. The number of piperidine rings is 1. The highest BCUT2D eigenvalue weighted by Gasteiger charge is 2.33. The summed E-state index contributed by atoms with van der Waals surface area (Å²) < 4.78 is 5.41. The Bertz CT molecular complexity index is 824. The van der Waals surface area contributed by atoms with Crippen molar-refractivity contribution in [3.05, 3.63) is 17.1 Å². The lowest BCUT2D eigenvalue weighted by Crippen LogP contribution is -2.47. The van der Waals surface area contributed by atoms with E-state index in [1.165, 1.54) is 0 Å². The molecule has 0 spiro atoms. The van der Waals surface area contributed by atoms with Gasteiger partial charge in [0.05, 0.1) is 38.0 Å². The van der Waals surface area contributed by atoms with Crippen molar-refractivity contribution >= 4 is 17.6 Å². The van der Waals surface area contributed by atoms with Crippen molar-refractivity contribution in [2.45, 2.75) is 45.2 Å². The number of rotatable bonds is 4. The van der Waals surface area contributed by atoms with E-state index in [9.17, 15) is 9.59 Å². The Balaban J connectivity index is 1.59. The number of hydrogen-bond acceptors (Lipinski definition) is 7. The lowest BCUT2D eigenvalue weighted by Gasteiger charge is -2.38. The van der Waals surface area contributed by atoms with Crippen LogP contribution in [0.3, 0.4) is 0 Å². The van der Waals surface area contributed by atoms with Crippen LogP contribution in [-0.2, 0) is 27.3 Å². The number of carbonyl (C=O) groups is 2. The molecule has 3 aliphatic heterocycles. The minimum atomic E-state index is -0.0860. The number of amides is 2. The number of ether oxygens (including phenoxy) is 1. The molecule has 170 valence electrons. The molecular weight excluding hydrogens is 396 g/mol. The van der Waals surface area contributed by atoms with Crippen molar-refractivity contribution in [2.75, 3.05) is 64.9 Å². The molecule has 4 rings (SSSR count). The number of fused-ring (bicyclic) bond motifs is 1. The zero-order valence-corrected chi connectivity index (χ0v) is 19.0. The number of carbonyl (C=O) groups excluding carboxylic acids is 2. The fourth-order valence-corrected chi connectivity index (χ4v) is 4.74. The van der Waals surface area contributed by atoms with Gasteiger partial charge in [0.2, 0.25) is 11.8 Å². The van der Waals surface area contributed by atoms with Crippen LogP contribution >= 0.6 is 0 Å². The first-order chi connectivity index (χ1) is 14.9. The van der Waals surface area contributed by atoms with Crippen molar-refractivity contribution in [2.24, 2.45) is 0 Å². The number of aromatic nitrogens is 2. The van der Waals surface area contributed by atoms with Gasteiger partial charge in [0.25, 0.3) is 0 Å². The van der Waals surface area contributed by atoms with E-state index in [0.717, 1.165) is 68.2 Å². The summed E-state index contributed by atoms with van der Waals surface area (Å²) >= 11 is 0. The molecule has 31 heavy (non-hydrogen) atoms. The molecule has 3 aliphatic rings. The average Bonchev–Trinajstić information content (AvgIpc) is 2.78. The first kappa shape index (κ1) is 22.0. The standard InChI is InChI=1S/C22H34N6O3/c1-16(29)27-9-7-18-17(14-27)22(25(2)3)24-21(23-18)19-6-4-5-8-28(19)20(30)15-26-10-12-31-13-11-26/h19H,4-15H2,1-3H3/t19-/m0/s1. The summed E-state index contributed by atoms with van der Waals surface area (Å²) in [5.41, 5.74) is 2.04. The third-order valence-electron chi connectivity index (χ3n) is 6.51. The molecule has 0 N–H and O–H groups in total. The molecule has 0 bridgehead atoms. The second-order valence-corrected chi connectivity index (χ2v) is 8.90. The SMILES string of the molecule is CC(=O)N1CCc2nc([C@@H]3CCCCN3C(=O)CN3CCOCC3)nc(N(C)C)c2C1. The van der Waals surface area contributed by atoms with Gasteiger partial charge in [0.15, 0.2) is 5.82 Å². The van der Waals surface area contributed by atoms with Gasteiger partial charge in [0.1, 0.15) is 5.82 Å². The highest BCUT2D eigenvalue weighted by molar-refractivity contribution is 5.79. The Labute approximate surface area is 184 Å². The summed E-state index contributed by atoms with van der Waals surface area (Å²) in [5, 5.41) is 0. The van der Waals surface area contributed by atoms with Crippen molar-refractivity contribution in [3.8, 4) is 0 Å². The normalized spacial score (nSPS) is 22.2.